The maximum atomic E-state index is 5.53. The summed E-state index contributed by atoms with van der Waals surface area (Å²) >= 11 is 0. The minimum atomic E-state index is -0.0658. The molecule has 0 radical (unpaired) electrons. The van der Waals surface area contributed by atoms with Crippen LogP contribution in [0, 0.1) is 11.8 Å². The Balaban J connectivity index is 1.76. The van der Waals surface area contributed by atoms with Gasteiger partial charge in [0.05, 0.1) is 7.11 Å². The quantitative estimate of drug-likeness (QED) is 0.767. The molecule has 0 bridgehead atoms. The average Bonchev–Trinajstić information content (AvgIpc) is 2.45. The first kappa shape index (κ1) is 12.9. The Kier molecular flexibility index (Phi) is 5.07. The maximum Gasteiger partial charge on any atom is 0.158 e. The van der Waals surface area contributed by atoms with Crippen molar-refractivity contribution in [2.24, 2.45) is 0 Å². The smallest absolute Gasteiger partial charge is 0.158 e. The average molecular weight is 246 g/mol. The van der Waals surface area contributed by atoms with E-state index >= 15 is 0 Å². The van der Waals surface area contributed by atoms with Crippen molar-refractivity contribution < 1.29 is 14.2 Å². The lowest BCUT2D eigenvalue weighted by Gasteiger charge is -2.21. The molecular formula is C15H18O3. The molecule has 1 fully saturated rings. The minimum absolute atomic E-state index is 0.0658. The third-order valence-corrected chi connectivity index (χ3v) is 2.80. The molecule has 0 saturated carbocycles. The van der Waals surface area contributed by atoms with Gasteiger partial charge in [-0.25, -0.2) is 0 Å². The SMILES string of the molecule is COc1ccc(C#CCOC2CCCCO2)cc1. The first-order valence-electron chi connectivity index (χ1n) is 6.24. The summed E-state index contributed by atoms with van der Waals surface area (Å²) in [6, 6.07) is 7.66. The summed E-state index contributed by atoms with van der Waals surface area (Å²) in [6.45, 7) is 1.22. The molecule has 1 aromatic carbocycles. The molecule has 1 aliphatic heterocycles. The molecule has 96 valence electrons. The molecule has 2 rings (SSSR count). The molecule has 1 heterocycles. The van der Waals surface area contributed by atoms with Crippen molar-refractivity contribution in [2.75, 3.05) is 20.3 Å². The van der Waals surface area contributed by atoms with Crippen LogP contribution in [0.1, 0.15) is 24.8 Å². The predicted octanol–water partition coefficient (Wildman–Crippen LogP) is 2.59. The van der Waals surface area contributed by atoms with E-state index in [0.29, 0.717) is 6.61 Å². The van der Waals surface area contributed by atoms with Crippen molar-refractivity contribution in [3.05, 3.63) is 29.8 Å². The van der Waals surface area contributed by atoms with Gasteiger partial charge in [-0.3, -0.25) is 0 Å². The summed E-state index contributed by atoms with van der Waals surface area (Å²) in [6.07, 6.45) is 3.22. The van der Waals surface area contributed by atoms with Gasteiger partial charge in [0.2, 0.25) is 0 Å². The Morgan fingerprint density at radius 1 is 1.28 bits per heavy atom. The second-order valence-electron chi connectivity index (χ2n) is 4.14. The highest BCUT2D eigenvalue weighted by Crippen LogP contribution is 2.13. The molecule has 1 aromatic rings. The van der Waals surface area contributed by atoms with Gasteiger partial charge in [0.25, 0.3) is 0 Å². The van der Waals surface area contributed by atoms with E-state index in [1.54, 1.807) is 7.11 Å². The third-order valence-electron chi connectivity index (χ3n) is 2.80. The van der Waals surface area contributed by atoms with Gasteiger partial charge in [-0.2, -0.15) is 0 Å². The van der Waals surface area contributed by atoms with Crippen LogP contribution in [0.3, 0.4) is 0 Å². The van der Waals surface area contributed by atoms with Crippen LogP contribution < -0.4 is 4.74 Å². The topological polar surface area (TPSA) is 27.7 Å². The van der Waals surface area contributed by atoms with Crippen LogP contribution in [0.4, 0.5) is 0 Å². The van der Waals surface area contributed by atoms with Crippen molar-refractivity contribution in [2.45, 2.75) is 25.6 Å². The third kappa shape index (κ3) is 4.06. The van der Waals surface area contributed by atoms with Gasteiger partial charge in [0, 0.05) is 12.2 Å². The fourth-order valence-electron chi connectivity index (χ4n) is 1.79. The number of hydrogen-bond donors (Lipinski definition) is 0. The Labute approximate surface area is 108 Å². The van der Waals surface area contributed by atoms with Crippen LogP contribution in [0.25, 0.3) is 0 Å². The zero-order chi connectivity index (χ0) is 12.6. The van der Waals surface area contributed by atoms with Gasteiger partial charge in [-0.1, -0.05) is 11.8 Å². The normalized spacial score (nSPS) is 18.8. The highest BCUT2D eigenvalue weighted by atomic mass is 16.7. The van der Waals surface area contributed by atoms with E-state index in [9.17, 15) is 0 Å². The van der Waals surface area contributed by atoms with Gasteiger partial charge < -0.3 is 14.2 Å². The van der Waals surface area contributed by atoms with Crippen LogP contribution in [0.15, 0.2) is 24.3 Å². The number of ether oxygens (including phenoxy) is 3. The highest BCUT2D eigenvalue weighted by molar-refractivity contribution is 5.38. The van der Waals surface area contributed by atoms with Crippen LogP contribution in [0.5, 0.6) is 5.75 Å². The second kappa shape index (κ2) is 7.05. The number of hydrogen-bond acceptors (Lipinski definition) is 3. The fourth-order valence-corrected chi connectivity index (χ4v) is 1.79. The lowest BCUT2D eigenvalue weighted by molar-refractivity contribution is -0.154. The van der Waals surface area contributed by atoms with Crippen LogP contribution in [0.2, 0.25) is 0 Å². The Morgan fingerprint density at radius 2 is 2.11 bits per heavy atom. The number of rotatable bonds is 3. The van der Waals surface area contributed by atoms with Crippen LogP contribution >= 0.6 is 0 Å². The van der Waals surface area contributed by atoms with Gasteiger partial charge in [-0.15, -0.1) is 0 Å². The second-order valence-corrected chi connectivity index (χ2v) is 4.14. The zero-order valence-electron chi connectivity index (χ0n) is 10.6. The maximum absolute atomic E-state index is 5.53. The van der Waals surface area contributed by atoms with Crippen LogP contribution in [-0.2, 0) is 9.47 Å². The first-order valence-corrected chi connectivity index (χ1v) is 6.24. The molecular weight excluding hydrogens is 228 g/mol. The summed E-state index contributed by atoms with van der Waals surface area (Å²) in [5.74, 6) is 6.88. The summed E-state index contributed by atoms with van der Waals surface area (Å²) < 4.78 is 16.1. The summed E-state index contributed by atoms with van der Waals surface area (Å²) in [5.41, 5.74) is 0.962. The van der Waals surface area contributed by atoms with E-state index in [-0.39, 0.29) is 6.29 Å². The van der Waals surface area contributed by atoms with E-state index in [1.165, 1.54) is 6.42 Å². The van der Waals surface area contributed by atoms with Crippen molar-refractivity contribution >= 4 is 0 Å². The van der Waals surface area contributed by atoms with Crippen molar-refractivity contribution in [3.8, 4) is 17.6 Å². The Hall–Kier alpha value is -1.50. The van der Waals surface area contributed by atoms with Gasteiger partial charge >= 0.3 is 0 Å². The lowest BCUT2D eigenvalue weighted by atomic mass is 10.2. The van der Waals surface area contributed by atoms with Crippen molar-refractivity contribution in [1.29, 1.82) is 0 Å². The zero-order valence-corrected chi connectivity index (χ0v) is 10.6. The lowest BCUT2D eigenvalue weighted by Crippen LogP contribution is -2.22. The van der Waals surface area contributed by atoms with Gasteiger partial charge in [0.15, 0.2) is 6.29 Å². The molecule has 1 saturated heterocycles. The fraction of sp³-hybridized carbons (Fsp3) is 0.467. The van der Waals surface area contributed by atoms with E-state index in [0.717, 1.165) is 30.8 Å². The molecule has 0 amide bonds. The molecule has 3 nitrogen and oxygen atoms in total. The summed E-state index contributed by atoms with van der Waals surface area (Å²) in [4.78, 5) is 0. The first-order chi connectivity index (χ1) is 8.88. The Morgan fingerprint density at radius 3 is 2.78 bits per heavy atom. The van der Waals surface area contributed by atoms with Crippen LogP contribution in [-0.4, -0.2) is 26.6 Å². The van der Waals surface area contributed by atoms with Gasteiger partial charge in [-0.05, 0) is 43.5 Å². The largest absolute Gasteiger partial charge is 0.497 e. The minimum Gasteiger partial charge on any atom is -0.497 e. The molecule has 0 aromatic heterocycles. The van der Waals surface area contributed by atoms with E-state index in [4.69, 9.17) is 14.2 Å². The number of benzene rings is 1. The molecule has 0 N–H and O–H groups in total. The monoisotopic (exact) mass is 246 g/mol. The van der Waals surface area contributed by atoms with Crippen molar-refractivity contribution in [1.82, 2.24) is 0 Å². The Bertz CT molecular complexity index is 408. The molecule has 3 heteroatoms. The van der Waals surface area contributed by atoms with Gasteiger partial charge in [0.1, 0.15) is 12.4 Å². The van der Waals surface area contributed by atoms with E-state index in [2.05, 4.69) is 11.8 Å². The molecule has 18 heavy (non-hydrogen) atoms. The van der Waals surface area contributed by atoms with E-state index in [1.807, 2.05) is 24.3 Å². The molecule has 0 aliphatic carbocycles. The molecule has 1 atom stereocenters. The van der Waals surface area contributed by atoms with Crippen molar-refractivity contribution in [3.63, 3.8) is 0 Å². The molecule has 1 unspecified atom stereocenters. The number of methoxy groups -OCH3 is 1. The van der Waals surface area contributed by atoms with E-state index < -0.39 is 0 Å². The molecule has 1 aliphatic rings. The highest BCUT2D eigenvalue weighted by Gasteiger charge is 2.12. The summed E-state index contributed by atoms with van der Waals surface area (Å²) in [5, 5.41) is 0. The molecule has 0 spiro atoms. The predicted molar refractivity (Wildman–Crippen MR) is 69.4 cm³/mol. The summed E-state index contributed by atoms with van der Waals surface area (Å²) in [7, 11) is 1.65. The standard InChI is InChI=1S/C15H18O3/c1-16-14-9-7-13(8-10-14)5-4-12-18-15-6-2-3-11-17-15/h7-10,15H,2-3,6,11-12H2,1H3.